The lowest BCUT2D eigenvalue weighted by atomic mass is 10.1. The van der Waals surface area contributed by atoms with E-state index < -0.39 is 10.0 Å². The Bertz CT molecular complexity index is 1610. The van der Waals surface area contributed by atoms with Gasteiger partial charge >= 0.3 is 0 Å². The summed E-state index contributed by atoms with van der Waals surface area (Å²) in [4.78, 5) is 20.1. The molecule has 198 valence electrons. The standard InChI is InChI=1S/C26H26Cl2N6O3S/c1-15(2)34-11-10-18(14-34)30-26(35)19-12-22(31-25-20(19)13-29-32-25)16-6-8-17(9-7-16)33-38(36,37)23-5-3-4-21(27)24(23)28/h3-9,12-13,15,18,33H,10-11,14H2,1-2H3,(H,30,35)(H,29,31,32)/t18-/m0/s1. The van der Waals surface area contributed by atoms with E-state index in [1.807, 2.05) is 0 Å². The zero-order valence-corrected chi connectivity index (χ0v) is 23.0. The van der Waals surface area contributed by atoms with Gasteiger partial charge in [0, 0.05) is 36.4 Å². The Morgan fingerprint density at radius 3 is 2.63 bits per heavy atom. The van der Waals surface area contributed by atoms with Gasteiger partial charge in [0.25, 0.3) is 15.9 Å². The van der Waals surface area contributed by atoms with Crippen LogP contribution in [-0.2, 0) is 10.0 Å². The molecule has 1 fully saturated rings. The molecule has 0 bridgehead atoms. The summed E-state index contributed by atoms with van der Waals surface area (Å²) in [5, 5.41) is 10.8. The fraction of sp³-hybridized carbons (Fsp3) is 0.269. The summed E-state index contributed by atoms with van der Waals surface area (Å²) in [5.41, 5.74) is 2.55. The van der Waals surface area contributed by atoms with Gasteiger partial charge in [0.1, 0.15) is 4.90 Å². The molecule has 1 amide bonds. The van der Waals surface area contributed by atoms with Crippen LogP contribution in [0.2, 0.25) is 10.0 Å². The smallest absolute Gasteiger partial charge is 0.263 e. The van der Waals surface area contributed by atoms with Crippen molar-refractivity contribution >= 4 is 55.9 Å². The number of carbonyl (C=O) groups excluding carboxylic acids is 1. The van der Waals surface area contributed by atoms with Crippen LogP contribution in [0.1, 0.15) is 30.6 Å². The van der Waals surface area contributed by atoms with E-state index >= 15 is 0 Å². The van der Waals surface area contributed by atoms with Crippen molar-refractivity contribution in [3.63, 3.8) is 0 Å². The summed E-state index contributed by atoms with van der Waals surface area (Å²) in [6.07, 6.45) is 2.49. The fourth-order valence-corrected chi connectivity index (χ4v) is 6.33. The highest BCUT2D eigenvalue weighted by Gasteiger charge is 2.27. The quantitative estimate of drug-likeness (QED) is 0.288. The molecule has 38 heavy (non-hydrogen) atoms. The molecule has 3 N–H and O–H groups in total. The first-order chi connectivity index (χ1) is 18.1. The van der Waals surface area contributed by atoms with Gasteiger partial charge in [0.05, 0.1) is 32.9 Å². The zero-order chi connectivity index (χ0) is 27.0. The lowest BCUT2D eigenvalue weighted by Gasteiger charge is -2.20. The number of pyridine rings is 1. The molecule has 0 radical (unpaired) electrons. The summed E-state index contributed by atoms with van der Waals surface area (Å²) in [6.45, 7) is 6.06. The number of rotatable bonds is 7. The zero-order valence-electron chi connectivity index (χ0n) is 20.7. The van der Waals surface area contributed by atoms with Gasteiger partial charge in [0.2, 0.25) is 0 Å². The minimum absolute atomic E-state index is 0.0457. The number of aromatic nitrogens is 3. The Morgan fingerprint density at radius 2 is 1.92 bits per heavy atom. The highest BCUT2D eigenvalue weighted by atomic mass is 35.5. The number of hydrogen-bond acceptors (Lipinski definition) is 6. The monoisotopic (exact) mass is 572 g/mol. The second kappa shape index (κ2) is 10.5. The summed E-state index contributed by atoms with van der Waals surface area (Å²) in [7, 11) is -3.96. The average molecular weight is 574 g/mol. The van der Waals surface area contributed by atoms with Gasteiger partial charge in [-0.05, 0) is 50.6 Å². The number of nitrogens with one attached hydrogen (secondary N) is 3. The van der Waals surface area contributed by atoms with Crippen LogP contribution in [-0.4, -0.2) is 59.6 Å². The number of nitrogens with zero attached hydrogens (tertiary/aromatic N) is 3. The second-order valence-corrected chi connectivity index (χ2v) is 11.9. The normalized spacial score (nSPS) is 16.3. The molecule has 3 heterocycles. The van der Waals surface area contributed by atoms with Gasteiger partial charge in [-0.3, -0.25) is 19.5 Å². The summed E-state index contributed by atoms with van der Waals surface area (Å²) < 4.78 is 28.2. The molecule has 1 saturated heterocycles. The Labute approximate surface area is 230 Å². The maximum atomic E-state index is 13.3. The Balaban J connectivity index is 1.38. The number of benzene rings is 2. The third-order valence-corrected chi connectivity index (χ3v) is 8.95. The van der Waals surface area contributed by atoms with Crippen molar-refractivity contribution in [1.29, 1.82) is 0 Å². The number of aromatic amines is 1. The van der Waals surface area contributed by atoms with Crippen LogP contribution >= 0.6 is 23.2 Å². The molecule has 2 aromatic carbocycles. The first-order valence-electron chi connectivity index (χ1n) is 12.1. The summed E-state index contributed by atoms with van der Waals surface area (Å²) >= 11 is 12.1. The molecule has 4 aromatic rings. The van der Waals surface area contributed by atoms with E-state index in [-0.39, 0.29) is 26.9 Å². The van der Waals surface area contributed by atoms with Gasteiger partial charge < -0.3 is 5.32 Å². The predicted octanol–water partition coefficient (Wildman–Crippen LogP) is 4.95. The van der Waals surface area contributed by atoms with E-state index in [0.717, 1.165) is 19.5 Å². The minimum atomic E-state index is -3.96. The first kappa shape index (κ1) is 26.4. The molecule has 1 aliphatic heterocycles. The summed E-state index contributed by atoms with van der Waals surface area (Å²) in [6, 6.07) is 13.3. The predicted molar refractivity (Wildman–Crippen MR) is 149 cm³/mol. The molecule has 9 nitrogen and oxygen atoms in total. The van der Waals surface area contributed by atoms with E-state index in [9.17, 15) is 13.2 Å². The molecule has 2 aromatic heterocycles. The number of likely N-dealkylation sites (tertiary alicyclic amines) is 1. The van der Waals surface area contributed by atoms with Crippen molar-refractivity contribution in [1.82, 2.24) is 25.4 Å². The second-order valence-electron chi connectivity index (χ2n) is 9.47. The van der Waals surface area contributed by atoms with Crippen LogP contribution in [0.5, 0.6) is 0 Å². The van der Waals surface area contributed by atoms with Crippen LogP contribution in [0, 0.1) is 0 Å². The minimum Gasteiger partial charge on any atom is -0.348 e. The molecule has 0 spiro atoms. The first-order valence-corrected chi connectivity index (χ1v) is 14.3. The lowest BCUT2D eigenvalue weighted by molar-refractivity contribution is 0.0938. The van der Waals surface area contributed by atoms with Crippen LogP contribution in [0.3, 0.4) is 0 Å². The van der Waals surface area contributed by atoms with Crippen LogP contribution in [0.15, 0.2) is 59.6 Å². The number of H-pyrrole nitrogens is 1. The molecular formula is C26H26Cl2N6O3S. The van der Waals surface area contributed by atoms with Crippen molar-refractivity contribution in [3.8, 4) is 11.3 Å². The maximum absolute atomic E-state index is 13.3. The Morgan fingerprint density at radius 1 is 1.16 bits per heavy atom. The third kappa shape index (κ3) is 5.35. The number of halogens is 2. The van der Waals surface area contributed by atoms with Crippen LogP contribution in [0.25, 0.3) is 22.3 Å². The Hall–Kier alpha value is -3.18. The summed E-state index contributed by atoms with van der Waals surface area (Å²) in [5.74, 6) is -0.182. The van der Waals surface area contributed by atoms with Gasteiger partial charge in [-0.25, -0.2) is 13.4 Å². The molecule has 1 atom stereocenters. The molecule has 5 rings (SSSR count). The van der Waals surface area contributed by atoms with E-state index in [1.54, 1.807) is 36.5 Å². The van der Waals surface area contributed by atoms with Crippen molar-refractivity contribution < 1.29 is 13.2 Å². The molecule has 0 unspecified atom stereocenters. The molecule has 12 heteroatoms. The number of carbonyl (C=O) groups is 1. The van der Waals surface area contributed by atoms with Gasteiger partial charge in [0.15, 0.2) is 5.65 Å². The van der Waals surface area contributed by atoms with Gasteiger partial charge in [-0.1, -0.05) is 41.4 Å². The number of hydrogen-bond donors (Lipinski definition) is 3. The largest absolute Gasteiger partial charge is 0.348 e. The highest BCUT2D eigenvalue weighted by Crippen LogP contribution is 2.31. The van der Waals surface area contributed by atoms with Gasteiger partial charge in [-0.2, -0.15) is 5.10 Å². The van der Waals surface area contributed by atoms with Crippen LogP contribution in [0.4, 0.5) is 5.69 Å². The van der Waals surface area contributed by atoms with Crippen molar-refractivity contribution in [3.05, 3.63) is 70.3 Å². The van der Waals surface area contributed by atoms with E-state index in [0.29, 0.717) is 39.6 Å². The molecule has 0 saturated carbocycles. The van der Waals surface area contributed by atoms with E-state index in [4.69, 9.17) is 23.2 Å². The average Bonchev–Trinajstić information content (AvgIpc) is 3.55. The lowest BCUT2D eigenvalue weighted by Crippen LogP contribution is -2.38. The number of fused-ring (bicyclic) bond motifs is 1. The number of amides is 1. The topological polar surface area (TPSA) is 120 Å². The SMILES string of the molecule is CC(C)N1CC[C@H](NC(=O)c2cc(-c3ccc(NS(=O)(=O)c4cccc(Cl)c4Cl)cc3)nc3[nH]ncc23)C1. The van der Waals surface area contributed by atoms with Crippen molar-refractivity contribution in [2.24, 2.45) is 0 Å². The van der Waals surface area contributed by atoms with Gasteiger partial charge in [-0.15, -0.1) is 0 Å². The van der Waals surface area contributed by atoms with E-state index in [1.165, 1.54) is 18.2 Å². The fourth-order valence-electron chi connectivity index (χ4n) is 4.51. The molecular weight excluding hydrogens is 547 g/mol. The highest BCUT2D eigenvalue weighted by molar-refractivity contribution is 7.92. The van der Waals surface area contributed by atoms with Crippen molar-refractivity contribution in [2.75, 3.05) is 17.8 Å². The maximum Gasteiger partial charge on any atom is 0.263 e. The Kier molecular flexibility index (Phi) is 7.32. The third-order valence-electron chi connectivity index (χ3n) is 6.59. The van der Waals surface area contributed by atoms with Crippen molar-refractivity contribution in [2.45, 2.75) is 37.2 Å². The molecule has 1 aliphatic rings. The molecule has 0 aliphatic carbocycles. The number of anilines is 1. The van der Waals surface area contributed by atoms with E-state index in [2.05, 4.69) is 44.0 Å². The van der Waals surface area contributed by atoms with Crippen LogP contribution < -0.4 is 10.0 Å². The number of sulfonamides is 1.